The van der Waals surface area contributed by atoms with Crippen LogP contribution in [0.1, 0.15) is 55.1 Å². The molecule has 2 aliphatic heterocycles. The maximum absolute atomic E-state index is 12.7. The monoisotopic (exact) mass is 398 g/mol. The highest BCUT2D eigenvalue weighted by atomic mass is 16.5. The van der Waals surface area contributed by atoms with Gasteiger partial charge < -0.3 is 14.6 Å². The SMILES string of the molecule is CC[C@H](C)NC(=O)c1nnc2n1CC1(CCN(Cc3ccncc3)CC1)COC2. The van der Waals surface area contributed by atoms with E-state index in [9.17, 15) is 4.79 Å². The number of hydrogen-bond donors (Lipinski definition) is 1. The van der Waals surface area contributed by atoms with E-state index in [-0.39, 0.29) is 17.4 Å². The predicted octanol–water partition coefficient (Wildman–Crippen LogP) is 2.01. The Morgan fingerprint density at radius 2 is 2.03 bits per heavy atom. The fraction of sp³-hybridized carbons (Fsp3) is 0.619. The average Bonchev–Trinajstić information content (AvgIpc) is 3.04. The fourth-order valence-electron chi connectivity index (χ4n) is 4.14. The molecule has 2 aromatic heterocycles. The summed E-state index contributed by atoms with van der Waals surface area (Å²) in [5, 5.41) is 11.4. The minimum absolute atomic E-state index is 0.0216. The van der Waals surface area contributed by atoms with Gasteiger partial charge in [-0.15, -0.1) is 10.2 Å². The summed E-state index contributed by atoms with van der Waals surface area (Å²) in [6, 6.07) is 4.26. The molecular formula is C21H30N6O2. The molecule has 1 saturated heterocycles. The molecule has 1 N–H and O–H groups in total. The van der Waals surface area contributed by atoms with Crippen LogP contribution in [-0.4, -0.2) is 56.3 Å². The number of piperidine rings is 1. The molecule has 1 spiro atoms. The number of rotatable bonds is 5. The molecule has 1 fully saturated rings. The molecular weight excluding hydrogens is 368 g/mol. The third kappa shape index (κ3) is 4.48. The van der Waals surface area contributed by atoms with Crippen molar-refractivity contribution in [1.29, 1.82) is 0 Å². The zero-order chi connectivity index (χ0) is 20.3. The Labute approximate surface area is 171 Å². The first kappa shape index (κ1) is 20.0. The van der Waals surface area contributed by atoms with E-state index in [1.807, 2.05) is 23.9 Å². The number of aromatic nitrogens is 4. The van der Waals surface area contributed by atoms with Crippen molar-refractivity contribution in [1.82, 2.24) is 30.0 Å². The smallest absolute Gasteiger partial charge is 0.289 e. The van der Waals surface area contributed by atoms with Crippen LogP contribution in [-0.2, 0) is 24.4 Å². The number of ether oxygens (including phenoxy) is 1. The molecule has 8 heteroatoms. The first-order valence-electron chi connectivity index (χ1n) is 10.5. The Kier molecular flexibility index (Phi) is 5.91. The van der Waals surface area contributed by atoms with Crippen LogP contribution in [0.25, 0.3) is 0 Å². The van der Waals surface area contributed by atoms with Crippen LogP contribution < -0.4 is 5.32 Å². The Balaban J connectivity index is 1.45. The lowest BCUT2D eigenvalue weighted by molar-refractivity contribution is -0.00570. The average molecular weight is 399 g/mol. The van der Waals surface area contributed by atoms with Crippen molar-refractivity contribution in [2.75, 3.05) is 19.7 Å². The van der Waals surface area contributed by atoms with E-state index in [1.165, 1.54) is 5.56 Å². The molecule has 156 valence electrons. The Bertz CT molecular complexity index is 829. The van der Waals surface area contributed by atoms with Crippen LogP contribution in [0.5, 0.6) is 0 Å². The molecule has 0 aliphatic carbocycles. The van der Waals surface area contributed by atoms with Crippen LogP contribution in [0.4, 0.5) is 0 Å². The molecule has 1 atom stereocenters. The lowest BCUT2D eigenvalue weighted by atomic mass is 9.78. The summed E-state index contributed by atoms with van der Waals surface area (Å²) in [5.74, 6) is 1.00. The van der Waals surface area contributed by atoms with Gasteiger partial charge in [-0.3, -0.25) is 14.7 Å². The van der Waals surface area contributed by atoms with E-state index >= 15 is 0 Å². The standard InChI is InChI=1S/C21H30N6O2/c1-3-16(2)23-20(28)19-25-24-18-13-29-15-21(14-27(18)19)6-10-26(11-7-21)12-17-4-8-22-9-5-17/h4-5,8-9,16H,3,6-7,10-15H2,1-2H3,(H,23,28)/t16-/m0/s1. The summed E-state index contributed by atoms with van der Waals surface area (Å²) >= 11 is 0. The van der Waals surface area contributed by atoms with Crippen LogP contribution in [0.2, 0.25) is 0 Å². The van der Waals surface area contributed by atoms with Crippen LogP contribution >= 0.6 is 0 Å². The molecule has 0 radical (unpaired) electrons. The number of fused-ring (bicyclic) bond motifs is 1. The molecule has 1 amide bonds. The van der Waals surface area contributed by atoms with Gasteiger partial charge in [0.05, 0.1) is 6.61 Å². The van der Waals surface area contributed by atoms with Gasteiger partial charge in [0.15, 0.2) is 5.82 Å². The summed E-state index contributed by atoms with van der Waals surface area (Å²) in [7, 11) is 0. The van der Waals surface area contributed by atoms with E-state index in [2.05, 4.69) is 44.5 Å². The zero-order valence-corrected chi connectivity index (χ0v) is 17.3. The molecule has 2 aromatic rings. The summed E-state index contributed by atoms with van der Waals surface area (Å²) in [5.41, 5.74) is 1.31. The van der Waals surface area contributed by atoms with Gasteiger partial charge in [-0.2, -0.15) is 0 Å². The van der Waals surface area contributed by atoms with Gasteiger partial charge in [-0.1, -0.05) is 6.92 Å². The maximum atomic E-state index is 12.7. The third-order valence-electron chi connectivity index (χ3n) is 6.23. The molecule has 8 nitrogen and oxygen atoms in total. The van der Waals surface area contributed by atoms with Gasteiger partial charge in [0, 0.05) is 36.9 Å². The largest absolute Gasteiger partial charge is 0.373 e. The number of carbonyl (C=O) groups excluding carboxylic acids is 1. The van der Waals surface area contributed by atoms with E-state index in [0.717, 1.165) is 51.3 Å². The normalized spacial score (nSPS) is 20.1. The topological polar surface area (TPSA) is 85.2 Å². The van der Waals surface area contributed by atoms with Crippen molar-refractivity contribution in [3.63, 3.8) is 0 Å². The number of carbonyl (C=O) groups is 1. The quantitative estimate of drug-likeness (QED) is 0.829. The highest BCUT2D eigenvalue weighted by Gasteiger charge is 2.39. The summed E-state index contributed by atoms with van der Waals surface area (Å²) in [6.45, 7) is 8.87. The first-order chi connectivity index (χ1) is 14.1. The van der Waals surface area contributed by atoms with Crippen molar-refractivity contribution < 1.29 is 9.53 Å². The van der Waals surface area contributed by atoms with Crippen molar-refractivity contribution in [2.24, 2.45) is 5.41 Å². The minimum Gasteiger partial charge on any atom is -0.373 e. The highest BCUT2D eigenvalue weighted by molar-refractivity contribution is 5.90. The molecule has 4 rings (SSSR count). The van der Waals surface area contributed by atoms with Crippen molar-refractivity contribution in [2.45, 2.75) is 58.8 Å². The number of amides is 1. The Hall–Kier alpha value is -2.32. The number of hydrogen-bond acceptors (Lipinski definition) is 6. The maximum Gasteiger partial charge on any atom is 0.289 e. The number of pyridine rings is 1. The predicted molar refractivity (Wildman–Crippen MR) is 108 cm³/mol. The summed E-state index contributed by atoms with van der Waals surface area (Å²) < 4.78 is 7.97. The van der Waals surface area contributed by atoms with Crippen molar-refractivity contribution >= 4 is 5.91 Å². The molecule has 29 heavy (non-hydrogen) atoms. The number of likely N-dealkylation sites (tertiary alicyclic amines) is 1. The van der Waals surface area contributed by atoms with Crippen molar-refractivity contribution in [3.05, 3.63) is 41.7 Å². The molecule has 4 heterocycles. The third-order valence-corrected chi connectivity index (χ3v) is 6.23. The summed E-state index contributed by atoms with van der Waals surface area (Å²) in [6.07, 6.45) is 6.64. The number of nitrogens with zero attached hydrogens (tertiary/aromatic N) is 5. The van der Waals surface area contributed by atoms with Gasteiger partial charge >= 0.3 is 0 Å². The van der Waals surface area contributed by atoms with E-state index in [0.29, 0.717) is 19.0 Å². The van der Waals surface area contributed by atoms with Crippen LogP contribution in [0.15, 0.2) is 24.5 Å². The summed E-state index contributed by atoms with van der Waals surface area (Å²) in [4.78, 5) is 19.3. The lowest BCUT2D eigenvalue weighted by Gasteiger charge is -2.41. The highest BCUT2D eigenvalue weighted by Crippen LogP contribution is 2.36. The van der Waals surface area contributed by atoms with E-state index in [4.69, 9.17) is 4.74 Å². The van der Waals surface area contributed by atoms with Crippen LogP contribution in [0, 0.1) is 5.41 Å². The second kappa shape index (κ2) is 8.59. The molecule has 0 bridgehead atoms. The van der Waals surface area contributed by atoms with E-state index < -0.39 is 0 Å². The second-order valence-corrected chi connectivity index (χ2v) is 8.43. The molecule has 0 unspecified atom stereocenters. The van der Waals surface area contributed by atoms with Gasteiger partial charge in [0.25, 0.3) is 5.91 Å². The molecule has 2 aliphatic rings. The van der Waals surface area contributed by atoms with E-state index in [1.54, 1.807) is 0 Å². The zero-order valence-electron chi connectivity index (χ0n) is 17.3. The van der Waals surface area contributed by atoms with Crippen LogP contribution in [0.3, 0.4) is 0 Å². The van der Waals surface area contributed by atoms with Crippen molar-refractivity contribution in [3.8, 4) is 0 Å². The first-order valence-corrected chi connectivity index (χ1v) is 10.5. The molecule has 0 aromatic carbocycles. The van der Waals surface area contributed by atoms with Gasteiger partial charge in [0.1, 0.15) is 6.61 Å². The second-order valence-electron chi connectivity index (χ2n) is 8.43. The van der Waals surface area contributed by atoms with Gasteiger partial charge in [-0.25, -0.2) is 0 Å². The van der Waals surface area contributed by atoms with Gasteiger partial charge in [-0.05, 0) is 57.0 Å². The Morgan fingerprint density at radius 1 is 1.28 bits per heavy atom. The lowest BCUT2D eigenvalue weighted by Crippen LogP contribution is -2.44. The fourth-order valence-corrected chi connectivity index (χ4v) is 4.14. The van der Waals surface area contributed by atoms with Gasteiger partial charge in [0.2, 0.25) is 5.82 Å². The number of nitrogens with one attached hydrogen (secondary N) is 1. The minimum atomic E-state index is -0.148. The Morgan fingerprint density at radius 3 is 2.76 bits per heavy atom. The molecule has 0 saturated carbocycles.